The van der Waals surface area contributed by atoms with Gasteiger partial charge in [-0.1, -0.05) is 12.1 Å². The molecule has 0 radical (unpaired) electrons. The van der Waals surface area contributed by atoms with Crippen LogP contribution in [0.15, 0.2) is 52.9 Å². The van der Waals surface area contributed by atoms with Gasteiger partial charge in [0.15, 0.2) is 5.76 Å². The summed E-state index contributed by atoms with van der Waals surface area (Å²) in [7, 11) is 0. The van der Waals surface area contributed by atoms with Crippen LogP contribution in [0.1, 0.15) is 21.7 Å². The van der Waals surface area contributed by atoms with Crippen LogP contribution in [-0.2, 0) is 0 Å². The first-order valence-electron chi connectivity index (χ1n) is 7.78. The quantitative estimate of drug-likeness (QED) is 0.323. The van der Waals surface area contributed by atoms with Crippen LogP contribution in [0.5, 0.6) is 0 Å². The zero-order valence-corrected chi connectivity index (χ0v) is 16.2. The van der Waals surface area contributed by atoms with Crippen molar-refractivity contribution in [3.63, 3.8) is 0 Å². The number of hydrogen-bond donors (Lipinski definition) is 1. The molecule has 0 fully saturated rings. The van der Waals surface area contributed by atoms with E-state index in [0.717, 1.165) is 14.7 Å². The van der Waals surface area contributed by atoms with Crippen molar-refractivity contribution in [3.8, 4) is 11.3 Å². The van der Waals surface area contributed by atoms with Gasteiger partial charge in [-0.3, -0.25) is 14.9 Å². The first-order chi connectivity index (χ1) is 12.4. The molecule has 0 unspecified atom stereocenters. The monoisotopic (exact) mass is 462 g/mol. The van der Waals surface area contributed by atoms with Crippen molar-refractivity contribution in [2.24, 2.45) is 0 Å². The van der Waals surface area contributed by atoms with Crippen molar-refractivity contribution < 1.29 is 14.1 Å². The highest BCUT2D eigenvalue weighted by atomic mass is 127. The first kappa shape index (κ1) is 18.1. The maximum atomic E-state index is 12.4. The van der Waals surface area contributed by atoms with Gasteiger partial charge in [-0.15, -0.1) is 0 Å². The molecule has 0 bridgehead atoms. The maximum absolute atomic E-state index is 12.4. The van der Waals surface area contributed by atoms with E-state index in [4.69, 9.17) is 4.42 Å². The van der Waals surface area contributed by atoms with Crippen LogP contribution < -0.4 is 5.32 Å². The topological polar surface area (TPSA) is 85.4 Å². The second-order valence-electron chi connectivity index (χ2n) is 5.82. The zero-order chi connectivity index (χ0) is 18.8. The number of rotatable bonds is 4. The number of aryl methyl sites for hydroxylation is 2. The van der Waals surface area contributed by atoms with Gasteiger partial charge in [0, 0.05) is 15.3 Å². The predicted molar refractivity (Wildman–Crippen MR) is 107 cm³/mol. The van der Waals surface area contributed by atoms with Gasteiger partial charge in [0.2, 0.25) is 0 Å². The van der Waals surface area contributed by atoms with E-state index in [1.807, 2.05) is 26.0 Å². The van der Waals surface area contributed by atoms with Crippen molar-refractivity contribution in [2.75, 3.05) is 5.32 Å². The van der Waals surface area contributed by atoms with Crippen molar-refractivity contribution in [2.45, 2.75) is 13.8 Å². The van der Waals surface area contributed by atoms with Gasteiger partial charge < -0.3 is 9.73 Å². The molecule has 0 aliphatic carbocycles. The van der Waals surface area contributed by atoms with Gasteiger partial charge in [0.1, 0.15) is 5.76 Å². The summed E-state index contributed by atoms with van der Waals surface area (Å²) in [5, 5.41) is 14.0. The molecule has 0 saturated heterocycles. The molecular formula is C19H15IN2O4. The predicted octanol–water partition coefficient (Wildman–Crippen LogP) is 5.33. The van der Waals surface area contributed by atoms with Gasteiger partial charge >= 0.3 is 0 Å². The molecule has 6 nitrogen and oxygen atoms in total. The second kappa shape index (κ2) is 7.28. The molecule has 0 aliphatic heterocycles. The smallest absolute Gasteiger partial charge is 0.291 e. The summed E-state index contributed by atoms with van der Waals surface area (Å²) in [5.74, 6) is -0.0423. The highest BCUT2D eigenvalue weighted by Gasteiger charge is 2.19. The van der Waals surface area contributed by atoms with E-state index in [9.17, 15) is 14.9 Å². The summed E-state index contributed by atoms with van der Waals surface area (Å²) in [5.41, 5.74) is 3.08. The largest absolute Gasteiger partial charge is 0.451 e. The number of carbonyl (C=O) groups excluding carboxylic acids is 1. The number of nitro groups is 1. The third kappa shape index (κ3) is 3.62. The lowest BCUT2D eigenvalue weighted by Gasteiger charge is -2.08. The summed E-state index contributed by atoms with van der Waals surface area (Å²) in [6.07, 6.45) is 0. The summed E-state index contributed by atoms with van der Waals surface area (Å²) >= 11 is 2.26. The minimum atomic E-state index is -0.477. The number of hydrogen-bond acceptors (Lipinski definition) is 4. The average molecular weight is 462 g/mol. The molecule has 3 aromatic rings. The molecule has 1 heterocycles. The van der Waals surface area contributed by atoms with Crippen molar-refractivity contribution >= 4 is 39.9 Å². The van der Waals surface area contributed by atoms with Crippen LogP contribution in [0.2, 0.25) is 0 Å². The number of nitrogens with zero attached hydrogens (tertiary/aromatic N) is 1. The number of halogens is 1. The molecule has 132 valence electrons. The number of para-hydroxylation sites is 1. The number of anilines is 1. The van der Waals surface area contributed by atoms with Gasteiger partial charge in [0.05, 0.1) is 10.5 Å². The van der Waals surface area contributed by atoms with Crippen molar-refractivity contribution in [1.82, 2.24) is 0 Å². The van der Waals surface area contributed by atoms with Crippen LogP contribution in [0, 0.1) is 27.5 Å². The summed E-state index contributed by atoms with van der Waals surface area (Å²) in [6, 6.07) is 13.1. The minimum absolute atomic E-state index is 0.0716. The Labute approximate surface area is 163 Å². The summed E-state index contributed by atoms with van der Waals surface area (Å²) in [6.45, 7) is 3.95. The molecule has 0 aliphatic rings. The zero-order valence-electron chi connectivity index (χ0n) is 14.1. The fourth-order valence-corrected chi connectivity index (χ4v) is 2.97. The Morgan fingerprint density at radius 3 is 2.42 bits per heavy atom. The third-order valence-electron chi connectivity index (χ3n) is 3.89. The van der Waals surface area contributed by atoms with Gasteiger partial charge in [-0.25, -0.2) is 0 Å². The molecule has 1 N–H and O–H groups in total. The van der Waals surface area contributed by atoms with Crippen LogP contribution in [0.4, 0.5) is 11.4 Å². The van der Waals surface area contributed by atoms with E-state index in [0.29, 0.717) is 11.3 Å². The standard InChI is InChI=1S/C19H15IN2O4/c1-11-9-13(10-12(2)18(11)20)21-19(23)17-8-7-16(26-17)14-5-3-4-6-15(14)22(24)25/h3-10H,1-2H3,(H,21,23). The number of nitrogens with one attached hydrogen (secondary N) is 1. The molecule has 1 amide bonds. The van der Waals surface area contributed by atoms with E-state index in [-0.39, 0.29) is 17.2 Å². The Hall–Kier alpha value is -2.68. The van der Waals surface area contributed by atoms with Crippen molar-refractivity contribution in [3.05, 3.63) is 79.1 Å². The third-order valence-corrected chi connectivity index (χ3v) is 5.59. The molecule has 7 heteroatoms. The second-order valence-corrected chi connectivity index (χ2v) is 6.90. The number of amides is 1. The Morgan fingerprint density at radius 1 is 1.12 bits per heavy atom. The molecule has 0 atom stereocenters. The fourth-order valence-electron chi connectivity index (χ4n) is 2.66. The average Bonchev–Trinajstić information content (AvgIpc) is 3.09. The van der Waals surface area contributed by atoms with Crippen molar-refractivity contribution in [1.29, 1.82) is 0 Å². The number of carbonyl (C=O) groups is 1. The van der Waals surface area contributed by atoms with E-state index in [1.54, 1.807) is 24.3 Å². The van der Waals surface area contributed by atoms with E-state index in [1.165, 1.54) is 12.1 Å². The Kier molecular flexibility index (Phi) is 5.08. The van der Waals surface area contributed by atoms with E-state index in [2.05, 4.69) is 27.9 Å². The molecule has 2 aromatic carbocycles. The summed E-state index contributed by atoms with van der Waals surface area (Å²) < 4.78 is 6.71. The van der Waals surface area contributed by atoms with Crippen LogP contribution in [-0.4, -0.2) is 10.8 Å². The molecule has 0 spiro atoms. The SMILES string of the molecule is Cc1cc(NC(=O)c2ccc(-c3ccccc3[N+](=O)[O-])o2)cc(C)c1I. The first-order valence-corrected chi connectivity index (χ1v) is 8.86. The lowest BCUT2D eigenvalue weighted by molar-refractivity contribution is -0.384. The normalized spacial score (nSPS) is 10.6. The highest BCUT2D eigenvalue weighted by Crippen LogP contribution is 2.31. The lowest BCUT2D eigenvalue weighted by atomic mass is 10.1. The van der Waals surface area contributed by atoms with Crippen LogP contribution >= 0.6 is 22.6 Å². The van der Waals surface area contributed by atoms with Crippen LogP contribution in [0.3, 0.4) is 0 Å². The van der Waals surface area contributed by atoms with Gasteiger partial charge in [-0.05, 0) is 77.9 Å². The number of nitro benzene ring substituents is 1. The van der Waals surface area contributed by atoms with Gasteiger partial charge in [-0.2, -0.15) is 0 Å². The number of benzene rings is 2. The highest BCUT2D eigenvalue weighted by molar-refractivity contribution is 14.1. The Bertz CT molecular complexity index is 987. The van der Waals surface area contributed by atoms with E-state index < -0.39 is 10.8 Å². The lowest BCUT2D eigenvalue weighted by Crippen LogP contribution is -2.11. The molecule has 3 rings (SSSR count). The maximum Gasteiger partial charge on any atom is 0.291 e. The van der Waals surface area contributed by atoms with Crippen LogP contribution in [0.25, 0.3) is 11.3 Å². The Morgan fingerprint density at radius 2 is 1.77 bits per heavy atom. The van der Waals surface area contributed by atoms with Gasteiger partial charge in [0.25, 0.3) is 11.6 Å². The number of furan rings is 1. The molecular weight excluding hydrogens is 447 g/mol. The van der Waals surface area contributed by atoms with E-state index >= 15 is 0 Å². The minimum Gasteiger partial charge on any atom is -0.451 e. The summed E-state index contributed by atoms with van der Waals surface area (Å²) in [4.78, 5) is 23.1. The fraction of sp³-hybridized carbons (Fsp3) is 0.105. The Balaban J connectivity index is 1.86. The molecule has 26 heavy (non-hydrogen) atoms. The molecule has 0 saturated carbocycles. The molecule has 1 aromatic heterocycles.